The second kappa shape index (κ2) is 18.4. The van der Waals surface area contributed by atoms with Crippen LogP contribution in [0.4, 0.5) is 0 Å². The number of unbranched alkanes of at least 4 members (excludes halogenated alkanes) is 15. The standard InChI is InChI=1S/C30H45IO/c1-2-3-4-5-6-7-8-9-10-11-12-13-14-15-16-19-26-32-28-24-22-27(23-25-28)29-20-17-18-21-30(29)31/h17-18,20-25H,2-16,19,26H2,1H3. The summed E-state index contributed by atoms with van der Waals surface area (Å²) in [6.45, 7) is 3.13. The first-order chi connectivity index (χ1) is 15.8. The van der Waals surface area contributed by atoms with E-state index in [0.29, 0.717) is 0 Å². The fourth-order valence-electron chi connectivity index (χ4n) is 4.27. The van der Waals surface area contributed by atoms with E-state index >= 15 is 0 Å². The molecule has 0 heterocycles. The predicted molar refractivity (Wildman–Crippen MR) is 150 cm³/mol. The summed E-state index contributed by atoms with van der Waals surface area (Å²) in [6.07, 6.45) is 22.5. The van der Waals surface area contributed by atoms with Crippen molar-refractivity contribution < 1.29 is 4.74 Å². The molecule has 0 saturated carbocycles. The lowest BCUT2D eigenvalue weighted by Crippen LogP contribution is -1.97. The quantitative estimate of drug-likeness (QED) is 0.125. The van der Waals surface area contributed by atoms with Crippen molar-refractivity contribution in [2.45, 2.75) is 110 Å². The van der Waals surface area contributed by atoms with E-state index in [1.807, 2.05) is 0 Å². The maximum Gasteiger partial charge on any atom is 0.119 e. The van der Waals surface area contributed by atoms with Gasteiger partial charge in [-0.1, -0.05) is 134 Å². The summed E-state index contributed by atoms with van der Waals surface area (Å²) in [7, 11) is 0. The Morgan fingerprint density at radius 1 is 0.562 bits per heavy atom. The molecule has 0 N–H and O–H groups in total. The summed E-state index contributed by atoms with van der Waals surface area (Å²) in [4.78, 5) is 0. The van der Waals surface area contributed by atoms with Crippen molar-refractivity contribution in [3.63, 3.8) is 0 Å². The second-order valence-electron chi connectivity index (χ2n) is 9.16. The average Bonchev–Trinajstić information content (AvgIpc) is 2.82. The Kier molecular flexibility index (Phi) is 15.7. The lowest BCUT2D eigenvalue weighted by molar-refractivity contribution is 0.304. The lowest BCUT2D eigenvalue weighted by Gasteiger charge is -2.08. The Bertz CT molecular complexity index is 694. The summed E-state index contributed by atoms with van der Waals surface area (Å²) in [5.74, 6) is 0.987. The van der Waals surface area contributed by atoms with E-state index in [0.717, 1.165) is 18.8 Å². The zero-order valence-corrected chi connectivity index (χ0v) is 22.6. The first-order valence-corrected chi connectivity index (χ1v) is 14.4. The van der Waals surface area contributed by atoms with E-state index < -0.39 is 0 Å². The van der Waals surface area contributed by atoms with Gasteiger partial charge in [0.25, 0.3) is 0 Å². The summed E-state index contributed by atoms with van der Waals surface area (Å²) < 4.78 is 7.23. The SMILES string of the molecule is CCCCCCCCCCCCCCCCCCOc1ccc(-c2ccccc2I)cc1. The molecule has 2 aromatic rings. The molecule has 0 aliphatic carbocycles. The van der Waals surface area contributed by atoms with Crippen LogP contribution in [0.15, 0.2) is 48.5 Å². The first-order valence-electron chi connectivity index (χ1n) is 13.3. The van der Waals surface area contributed by atoms with Crippen LogP contribution < -0.4 is 4.74 Å². The highest BCUT2D eigenvalue weighted by molar-refractivity contribution is 14.1. The van der Waals surface area contributed by atoms with Gasteiger partial charge in [-0.25, -0.2) is 0 Å². The summed E-state index contributed by atoms with van der Waals surface area (Å²) in [6, 6.07) is 17.0. The summed E-state index contributed by atoms with van der Waals surface area (Å²) in [5, 5.41) is 0. The molecular formula is C30H45IO. The van der Waals surface area contributed by atoms with Crippen LogP contribution in [0.2, 0.25) is 0 Å². The minimum Gasteiger partial charge on any atom is -0.494 e. The second-order valence-corrected chi connectivity index (χ2v) is 10.3. The third-order valence-electron chi connectivity index (χ3n) is 6.31. The zero-order valence-electron chi connectivity index (χ0n) is 20.4. The predicted octanol–water partition coefficient (Wildman–Crippen LogP) is 10.6. The van der Waals surface area contributed by atoms with Gasteiger partial charge < -0.3 is 4.74 Å². The van der Waals surface area contributed by atoms with Crippen molar-refractivity contribution in [3.8, 4) is 16.9 Å². The largest absolute Gasteiger partial charge is 0.494 e. The van der Waals surface area contributed by atoms with E-state index in [1.165, 1.54) is 111 Å². The first kappa shape index (κ1) is 27.2. The van der Waals surface area contributed by atoms with Gasteiger partial charge in [0, 0.05) is 3.57 Å². The molecule has 2 aromatic carbocycles. The summed E-state index contributed by atoms with van der Waals surface area (Å²) in [5.41, 5.74) is 2.54. The number of hydrogen-bond donors (Lipinski definition) is 0. The van der Waals surface area contributed by atoms with Crippen LogP contribution in [0.25, 0.3) is 11.1 Å². The maximum absolute atomic E-state index is 5.94. The highest BCUT2D eigenvalue weighted by Gasteiger charge is 2.02. The van der Waals surface area contributed by atoms with Gasteiger partial charge in [0.1, 0.15) is 5.75 Å². The van der Waals surface area contributed by atoms with Crippen LogP contribution >= 0.6 is 22.6 Å². The van der Waals surface area contributed by atoms with Gasteiger partial charge in [-0.15, -0.1) is 0 Å². The van der Waals surface area contributed by atoms with Crippen LogP contribution in [-0.4, -0.2) is 6.61 Å². The molecule has 0 amide bonds. The van der Waals surface area contributed by atoms with Crippen molar-refractivity contribution in [2.75, 3.05) is 6.61 Å². The number of halogens is 1. The molecule has 1 nitrogen and oxygen atoms in total. The molecule has 0 aliphatic heterocycles. The molecule has 2 rings (SSSR count). The minimum absolute atomic E-state index is 0.834. The highest BCUT2D eigenvalue weighted by atomic mass is 127. The molecule has 32 heavy (non-hydrogen) atoms. The number of rotatable bonds is 19. The van der Waals surface area contributed by atoms with E-state index in [9.17, 15) is 0 Å². The number of hydrogen-bond acceptors (Lipinski definition) is 1. The van der Waals surface area contributed by atoms with E-state index in [4.69, 9.17) is 4.74 Å². The third kappa shape index (κ3) is 12.3. The number of benzene rings is 2. The Labute approximate surface area is 211 Å². The average molecular weight is 549 g/mol. The van der Waals surface area contributed by atoms with E-state index in [1.54, 1.807) is 0 Å². The molecule has 0 bridgehead atoms. The molecule has 0 aliphatic rings. The molecule has 178 valence electrons. The van der Waals surface area contributed by atoms with Crippen molar-refractivity contribution in [2.24, 2.45) is 0 Å². The van der Waals surface area contributed by atoms with Crippen LogP contribution in [0, 0.1) is 3.57 Å². The van der Waals surface area contributed by atoms with Crippen molar-refractivity contribution in [1.82, 2.24) is 0 Å². The molecule has 0 fully saturated rings. The Hall–Kier alpha value is -1.03. The molecule has 2 heteroatoms. The van der Waals surface area contributed by atoms with Crippen LogP contribution in [-0.2, 0) is 0 Å². The number of ether oxygens (including phenoxy) is 1. The molecule has 0 aromatic heterocycles. The van der Waals surface area contributed by atoms with E-state index in [2.05, 4.69) is 78.0 Å². The molecule has 0 radical (unpaired) electrons. The third-order valence-corrected chi connectivity index (χ3v) is 7.25. The van der Waals surface area contributed by atoms with Gasteiger partial charge in [0.15, 0.2) is 0 Å². The topological polar surface area (TPSA) is 9.23 Å². The van der Waals surface area contributed by atoms with Gasteiger partial charge in [-0.3, -0.25) is 0 Å². The fraction of sp³-hybridized carbons (Fsp3) is 0.600. The Morgan fingerprint density at radius 3 is 1.53 bits per heavy atom. The molecule has 0 atom stereocenters. The molecule has 0 unspecified atom stereocenters. The lowest BCUT2D eigenvalue weighted by atomic mass is 10.0. The Morgan fingerprint density at radius 2 is 1.03 bits per heavy atom. The Balaban J connectivity index is 1.38. The smallest absolute Gasteiger partial charge is 0.119 e. The van der Waals surface area contributed by atoms with Crippen molar-refractivity contribution >= 4 is 22.6 Å². The van der Waals surface area contributed by atoms with E-state index in [-0.39, 0.29) is 0 Å². The van der Waals surface area contributed by atoms with Gasteiger partial charge in [0.2, 0.25) is 0 Å². The zero-order chi connectivity index (χ0) is 22.7. The molecule has 0 saturated heterocycles. The maximum atomic E-state index is 5.94. The normalized spacial score (nSPS) is 11.1. The molecular weight excluding hydrogens is 503 g/mol. The van der Waals surface area contributed by atoms with Crippen LogP contribution in [0.1, 0.15) is 110 Å². The van der Waals surface area contributed by atoms with Crippen molar-refractivity contribution in [1.29, 1.82) is 0 Å². The fourth-order valence-corrected chi connectivity index (χ4v) is 4.97. The monoisotopic (exact) mass is 548 g/mol. The molecule has 0 spiro atoms. The van der Waals surface area contributed by atoms with Gasteiger partial charge >= 0.3 is 0 Å². The van der Waals surface area contributed by atoms with Gasteiger partial charge in [-0.2, -0.15) is 0 Å². The van der Waals surface area contributed by atoms with Crippen molar-refractivity contribution in [3.05, 3.63) is 52.1 Å². The summed E-state index contributed by atoms with van der Waals surface area (Å²) >= 11 is 2.40. The van der Waals surface area contributed by atoms with Crippen LogP contribution in [0.5, 0.6) is 5.75 Å². The minimum atomic E-state index is 0.834. The van der Waals surface area contributed by atoms with Crippen LogP contribution in [0.3, 0.4) is 0 Å². The highest BCUT2D eigenvalue weighted by Crippen LogP contribution is 2.26. The van der Waals surface area contributed by atoms with Gasteiger partial charge in [0.05, 0.1) is 6.61 Å². The van der Waals surface area contributed by atoms with Gasteiger partial charge in [-0.05, 0) is 58.3 Å².